The number of aliphatic hydroxyl groups is 1. The first-order chi connectivity index (χ1) is 8.06. The summed E-state index contributed by atoms with van der Waals surface area (Å²) in [7, 11) is 0. The number of likely N-dealkylation sites (tertiary alicyclic amines) is 1. The predicted octanol–water partition coefficient (Wildman–Crippen LogP) is 2.59. The molecule has 2 rings (SSSR count). The summed E-state index contributed by atoms with van der Waals surface area (Å²) < 4.78 is 0. The second kappa shape index (κ2) is 5.25. The van der Waals surface area contributed by atoms with Crippen molar-refractivity contribution in [3.05, 3.63) is 33.8 Å². The van der Waals surface area contributed by atoms with Gasteiger partial charge in [0.15, 0.2) is 0 Å². The van der Waals surface area contributed by atoms with Gasteiger partial charge in [0.1, 0.15) is 0 Å². The number of halogens is 2. The Morgan fingerprint density at radius 2 is 1.94 bits per heavy atom. The highest BCUT2D eigenvalue weighted by molar-refractivity contribution is 6.35. The van der Waals surface area contributed by atoms with Crippen molar-refractivity contribution >= 4 is 29.1 Å². The zero-order valence-corrected chi connectivity index (χ0v) is 10.7. The van der Waals surface area contributed by atoms with Crippen LogP contribution in [0, 0.1) is 0 Å². The monoisotopic (exact) mass is 273 g/mol. The summed E-state index contributed by atoms with van der Waals surface area (Å²) in [5.41, 5.74) is 0.469. The number of carbonyl (C=O) groups is 1. The highest BCUT2D eigenvalue weighted by Crippen LogP contribution is 2.21. The largest absolute Gasteiger partial charge is 0.391 e. The Morgan fingerprint density at radius 3 is 2.53 bits per heavy atom. The average Bonchev–Trinajstić information content (AvgIpc) is 2.26. The summed E-state index contributed by atoms with van der Waals surface area (Å²) >= 11 is 11.7. The van der Waals surface area contributed by atoms with Gasteiger partial charge >= 0.3 is 0 Å². The third kappa shape index (κ3) is 3.12. The molecule has 1 aromatic rings. The maximum absolute atomic E-state index is 12.1. The fraction of sp³-hybridized carbons (Fsp3) is 0.417. The molecular weight excluding hydrogens is 261 g/mol. The van der Waals surface area contributed by atoms with E-state index in [4.69, 9.17) is 23.2 Å². The Kier molecular flexibility index (Phi) is 3.92. The number of hydrogen-bond acceptors (Lipinski definition) is 2. The van der Waals surface area contributed by atoms with Crippen LogP contribution in [0.3, 0.4) is 0 Å². The molecule has 1 amide bonds. The summed E-state index contributed by atoms with van der Waals surface area (Å²) in [6.07, 6.45) is 1.14. The van der Waals surface area contributed by atoms with Crippen LogP contribution in [0.2, 0.25) is 10.0 Å². The number of β-amino-alcohol motifs (C(OH)–C–C–N with tert-alkyl or cyclic N) is 1. The molecule has 0 bridgehead atoms. The van der Waals surface area contributed by atoms with Crippen molar-refractivity contribution in [2.45, 2.75) is 18.9 Å². The van der Waals surface area contributed by atoms with E-state index >= 15 is 0 Å². The van der Waals surface area contributed by atoms with E-state index in [-0.39, 0.29) is 5.91 Å². The Labute approximate surface area is 110 Å². The van der Waals surface area contributed by atoms with E-state index in [0.29, 0.717) is 28.7 Å². The quantitative estimate of drug-likeness (QED) is 0.855. The molecule has 17 heavy (non-hydrogen) atoms. The lowest BCUT2D eigenvalue weighted by Crippen LogP contribution is -2.42. The summed E-state index contributed by atoms with van der Waals surface area (Å²) in [5.74, 6) is -0.131. The van der Waals surface area contributed by atoms with Gasteiger partial charge < -0.3 is 10.0 Å². The van der Waals surface area contributed by atoms with Crippen LogP contribution in [0.1, 0.15) is 23.2 Å². The lowest BCUT2D eigenvalue weighted by Gasteiger charge is -2.30. The van der Waals surface area contributed by atoms with Gasteiger partial charge in [0.25, 0.3) is 5.91 Å². The number of nitrogens with zero attached hydrogens (tertiary/aromatic N) is 1. The second-order valence-electron chi connectivity index (χ2n) is 4.21. The number of rotatable bonds is 1. The zero-order chi connectivity index (χ0) is 12.4. The van der Waals surface area contributed by atoms with Gasteiger partial charge in [-0.05, 0) is 31.0 Å². The molecule has 1 atom stereocenters. The van der Waals surface area contributed by atoms with Crippen LogP contribution in [0.15, 0.2) is 18.2 Å². The van der Waals surface area contributed by atoms with Gasteiger partial charge in [0.2, 0.25) is 0 Å². The Hall–Kier alpha value is -0.770. The normalized spacial score (nSPS) is 20.4. The van der Waals surface area contributed by atoms with Gasteiger partial charge in [0.05, 0.1) is 6.10 Å². The van der Waals surface area contributed by atoms with E-state index in [1.165, 1.54) is 0 Å². The first-order valence-electron chi connectivity index (χ1n) is 5.49. The SMILES string of the molecule is O=C(c1cc(Cl)cc(Cl)c1)N1CCC[C@H](O)C1. The van der Waals surface area contributed by atoms with Crippen molar-refractivity contribution in [1.82, 2.24) is 4.90 Å². The number of hydrogen-bond donors (Lipinski definition) is 1. The number of amides is 1. The second-order valence-corrected chi connectivity index (χ2v) is 5.08. The molecular formula is C12H13Cl2NO2. The topological polar surface area (TPSA) is 40.5 Å². The molecule has 0 aromatic heterocycles. The molecule has 1 fully saturated rings. The maximum Gasteiger partial charge on any atom is 0.254 e. The van der Waals surface area contributed by atoms with Crippen LogP contribution < -0.4 is 0 Å². The fourth-order valence-electron chi connectivity index (χ4n) is 2.00. The molecule has 0 aliphatic carbocycles. The zero-order valence-electron chi connectivity index (χ0n) is 9.20. The first kappa shape index (κ1) is 12.7. The van der Waals surface area contributed by atoms with Gasteiger partial charge in [-0.3, -0.25) is 4.79 Å². The van der Waals surface area contributed by atoms with Crippen molar-refractivity contribution in [2.75, 3.05) is 13.1 Å². The lowest BCUT2D eigenvalue weighted by atomic mass is 10.1. The standard InChI is InChI=1S/C12H13Cl2NO2/c13-9-4-8(5-10(14)6-9)12(17)15-3-1-2-11(16)7-15/h4-6,11,16H,1-3,7H2/t11-/m0/s1. The predicted molar refractivity (Wildman–Crippen MR) is 67.6 cm³/mol. The molecule has 3 nitrogen and oxygen atoms in total. The maximum atomic E-state index is 12.1. The van der Waals surface area contributed by atoms with E-state index in [1.807, 2.05) is 0 Å². The van der Waals surface area contributed by atoms with E-state index in [1.54, 1.807) is 23.1 Å². The first-order valence-corrected chi connectivity index (χ1v) is 6.25. The van der Waals surface area contributed by atoms with Gasteiger partial charge in [-0.25, -0.2) is 0 Å². The fourth-order valence-corrected chi connectivity index (χ4v) is 2.53. The van der Waals surface area contributed by atoms with Crippen LogP contribution in [-0.2, 0) is 0 Å². The third-order valence-electron chi connectivity index (χ3n) is 2.79. The van der Waals surface area contributed by atoms with E-state index in [9.17, 15) is 9.90 Å². The third-order valence-corrected chi connectivity index (χ3v) is 3.23. The van der Waals surface area contributed by atoms with Crippen LogP contribution in [-0.4, -0.2) is 35.1 Å². The van der Waals surface area contributed by atoms with Crippen LogP contribution in [0.4, 0.5) is 0 Å². The summed E-state index contributed by atoms with van der Waals surface area (Å²) in [5, 5.41) is 10.4. The minimum atomic E-state index is -0.428. The van der Waals surface area contributed by atoms with E-state index < -0.39 is 6.10 Å². The molecule has 1 aromatic carbocycles. The van der Waals surface area contributed by atoms with Crippen LogP contribution in [0.5, 0.6) is 0 Å². The number of aliphatic hydroxyl groups excluding tert-OH is 1. The Bertz CT molecular complexity index is 416. The number of benzene rings is 1. The molecule has 1 N–H and O–H groups in total. The van der Waals surface area contributed by atoms with Gasteiger partial charge in [0, 0.05) is 28.7 Å². The molecule has 1 aliphatic heterocycles. The van der Waals surface area contributed by atoms with Crippen molar-refractivity contribution < 1.29 is 9.90 Å². The van der Waals surface area contributed by atoms with Crippen LogP contribution in [0.25, 0.3) is 0 Å². The molecule has 1 saturated heterocycles. The molecule has 0 spiro atoms. The van der Waals surface area contributed by atoms with E-state index in [2.05, 4.69) is 0 Å². The van der Waals surface area contributed by atoms with Crippen molar-refractivity contribution in [1.29, 1.82) is 0 Å². The van der Waals surface area contributed by atoms with E-state index in [0.717, 1.165) is 12.8 Å². The average molecular weight is 274 g/mol. The molecule has 5 heteroatoms. The Morgan fingerprint density at radius 1 is 1.29 bits per heavy atom. The molecule has 1 heterocycles. The number of piperidine rings is 1. The molecule has 0 saturated carbocycles. The highest BCUT2D eigenvalue weighted by Gasteiger charge is 2.23. The lowest BCUT2D eigenvalue weighted by molar-refractivity contribution is 0.0474. The molecule has 92 valence electrons. The number of carbonyl (C=O) groups excluding carboxylic acids is 1. The minimum Gasteiger partial charge on any atom is -0.391 e. The van der Waals surface area contributed by atoms with Gasteiger partial charge in [-0.15, -0.1) is 0 Å². The summed E-state index contributed by atoms with van der Waals surface area (Å²) in [6.45, 7) is 1.04. The Balaban J connectivity index is 2.18. The minimum absolute atomic E-state index is 0.131. The highest BCUT2D eigenvalue weighted by atomic mass is 35.5. The van der Waals surface area contributed by atoms with Crippen molar-refractivity contribution in [3.63, 3.8) is 0 Å². The van der Waals surface area contributed by atoms with Gasteiger partial charge in [-0.2, -0.15) is 0 Å². The van der Waals surface area contributed by atoms with Crippen molar-refractivity contribution in [3.8, 4) is 0 Å². The summed E-state index contributed by atoms with van der Waals surface area (Å²) in [4.78, 5) is 13.8. The smallest absolute Gasteiger partial charge is 0.254 e. The molecule has 0 unspecified atom stereocenters. The van der Waals surface area contributed by atoms with Gasteiger partial charge in [-0.1, -0.05) is 23.2 Å². The van der Waals surface area contributed by atoms with Crippen LogP contribution >= 0.6 is 23.2 Å². The molecule has 1 aliphatic rings. The van der Waals surface area contributed by atoms with Crippen molar-refractivity contribution in [2.24, 2.45) is 0 Å². The molecule has 0 radical (unpaired) electrons. The summed E-state index contributed by atoms with van der Waals surface area (Å²) in [6, 6.07) is 4.78.